The van der Waals surface area contributed by atoms with E-state index < -0.39 is 0 Å². The van der Waals surface area contributed by atoms with Crippen molar-refractivity contribution < 1.29 is 0 Å². The number of aromatic nitrogens is 8. The number of hydrogen-bond acceptors (Lipinski definition) is 6. The maximum Gasteiger partial charge on any atom is 0.164 e. The Bertz CT molecular complexity index is 4330. The molecule has 0 N–H and O–H groups in total. The van der Waals surface area contributed by atoms with E-state index in [0.29, 0.717) is 34.9 Å². The SMILES string of the molecule is CCn1c2ccccc2c2cc(-c3cccc(-c4nc(-c5ccccc5)nc(-c5ccccc5)n4)c3)ccc21.CCn1c2ccccc2c2ccc(-c3cccc(-c4nc(-c5ccccc5)nc(-c5ccccc5)n4)c3)cc21. The molecule has 4 aromatic heterocycles. The van der Waals surface area contributed by atoms with Crippen LogP contribution < -0.4 is 0 Å². The number of para-hydroxylation sites is 2. The van der Waals surface area contributed by atoms with Crippen LogP contribution in [0.5, 0.6) is 0 Å². The number of aryl methyl sites for hydroxylation is 2. The summed E-state index contributed by atoms with van der Waals surface area (Å²) in [5.41, 5.74) is 15.4. The first-order chi connectivity index (χ1) is 38.6. The molecule has 0 unspecified atom stereocenters. The Morgan fingerprint density at radius 1 is 0.218 bits per heavy atom. The molecule has 0 spiro atoms. The average molecular weight is 1010 g/mol. The summed E-state index contributed by atoms with van der Waals surface area (Å²) < 4.78 is 4.77. The average Bonchev–Trinajstić information content (AvgIpc) is 4.05. The summed E-state index contributed by atoms with van der Waals surface area (Å²) in [5.74, 6) is 3.98. The first-order valence-electron chi connectivity index (χ1n) is 26.5. The Balaban J connectivity index is 0.000000148. The van der Waals surface area contributed by atoms with Gasteiger partial charge in [0.25, 0.3) is 0 Å². The highest BCUT2D eigenvalue weighted by Crippen LogP contribution is 2.36. The minimum absolute atomic E-state index is 0.660. The normalized spacial score (nSPS) is 11.3. The van der Waals surface area contributed by atoms with E-state index in [-0.39, 0.29) is 0 Å². The van der Waals surface area contributed by atoms with Crippen LogP contribution in [0.4, 0.5) is 0 Å². The number of nitrogens with zero attached hydrogens (tertiary/aromatic N) is 8. The number of hydrogen-bond donors (Lipinski definition) is 0. The van der Waals surface area contributed by atoms with Gasteiger partial charge in [0.2, 0.25) is 0 Å². The van der Waals surface area contributed by atoms with E-state index in [2.05, 4.69) is 156 Å². The van der Waals surface area contributed by atoms with E-state index in [1.54, 1.807) is 0 Å². The van der Waals surface area contributed by atoms with Crippen molar-refractivity contribution in [3.63, 3.8) is 0 Å². The van der Waals surface area contributed by atoms with Gasteiger partial charge >= 0.3 is 0 Å². The van der Waals surface area contributed by atoms with Crippen LogP contribution in [0.1, 0.15) is 13.8 Å². The molecule has 10 aromatic carbocycles. The zero-order valence-corrected chi connectivity index (χ0v) is 43.2. The number of fused-ring (bicyclic) bond motifs is 6. The number of benzene rings is 10. The van der Waals surface area contributed by atoms with E-state index in [0.717, 1.165) is 57.6 Å². The molecule has 0 fully saturated rings. The number of rotatable bonds is 10. The van der Waals surface area contributed by atoms with Crippen molar-refractivity contribution in [2.75, 3.05) is 0 Å². The molecule has 0 aliphatic heterocycles. The second kappa shape index (κ2) is 20.9. The highest BCUT2D eigenvalue weighted by Gasteiger charge is 2.17. The Morgan fingerprint density at radius 2 is 0.513 bits per heavy atom. The highest BCUT2D eigenvalue weighted by atomic mass is 15.0. The molecule has 8 nitrogen and oxygen atoms in total. The fourth-order valence-corrected chi connectivity index (χ4v) is 10.7. The van der Waals surface area contributed by atoms with Gasteiger partial charge in [0, 0.05) is 90.1 Å². The van der Waals surface area contributed by atoms with Crippen LogP contribution in [0.3, 0.4) is 0 Å². The molecule has 0 radical (unpaired) electrons. The smallest absolute Gasteiger partial charge is 0.164 e. The fourth-order valence-electron chi connectivity index (χ4n) is 10.7. The highest BCUT2D eigenvalue weighted by molar-refractivity contribution is 6.10. The summed E-state index contributed by atoms with van der Waals surface area (Å²) in [6.07, 6.45) is 0. The molecule has 0 saturated heterocycles. The predicted molar refractivity (Wildman–Crippen MR) is 320 cm³/mol. The summed E-state index contributed by atoms with van der Waals surface area (Å²) >= 11 is 0. The molecular formula is C70H52N8. The molecule has 14 rings (SSSR count). The largest absolute Gasteiger partial charge is 0.341 e. The molecule has 0 aliphatic rings. The van der Waals surface area contributed by atoms with Gasteiger partial charge in [-0.05, 0) is 78.6 Å². The van der Waals surface area contributed by atoms with Gasteiger partial charge in [0.1, 0.15) is 0 Å². The minimum Gasteiger partial charge on any atom is -0.341 e. The Hall–Kier alpha value is -10.2. The molecule has 0 saturated carbocycles. The standard InChI is InChI=1S/2C35H26N4/c1-2-39-31-19-10-9-18-29(31)30-23-27(20-21-32(30)39)26-16-11-17-28(22-26)35-37-33(24-12-5-3-6-13-24)36-34(38-35)25-14-7-4-8-15-25;1-2-39-31-19-10-9-18-29(31)30-21-20-27(23-32(30)39)26-16-11-17-28(22-26)35-37-33(24-12-5-3-6-13-24)36-34(38-35)25-14-7-4-8-15-25/h2*3-23H,2H2,1H3. The summed E-state index contributed by atoms with van der Waals surface area (Å²) in [5, 5.41) is 5.13. The van der Waals surface area contributed by atoms with Gasteiger partial charge in [-0.25, -0.2) is 29.9 Å². The van der Waals surface area contributed by atoms with Gasteiger partial charge < -0.3 is 9.13 Å². The Morgan fingerprint density at radius 3 is 0.949 bits per heavy atom. The Kier molecular flexibility index (Phi) is 12.7. The maximum absolute atomic E-state index is 4.91. The summed E-state index contributed by atoms with van der Waals surface area (Å²) in [7, 11) is 0. The third kappa shape index (κ3) is 9.15. The van der Waals surface area contributed by atoms with Gasteiger partial charge in [-0.1, -0.05) is 212 Å². The lowest BCUT2D eigenvalue weighted by Gasteiger charge is -2.10. The summed E-state index contributed by atoms with van der Waals surface area (Å²) in [6, 6.07) is 88.1. The van der Waals surface area contributed by atoms with E-state index >= 15 is 0 Å². The molecule has 372 valence electrons. The fraction of sp³-hybridized carbons (Fsp3) is 0.0571. The van der Waals surface area contributed by atoms with Crippen LogP contribution in [0.15, 0.2) is 255 Å². The molecule has 4 heterocycles. The van der Waals surface area contributed by atoms with Gasteiger partial charge in [0.05, 0.1) is 0 Å². The first-order valence-corrected chi connectivity index (χ1v) is 26.5. The van der Waals surface area contributed by atoms with Crippen molar-refractivity contribution in [3.05, 3.63) is 255 Å². The summed E-state index contributed by atoms with van der Waals surface area (Å²) in [4.78, 5) is 29.3. The van der Waals surface area contributed by atoms with E-state index in [9.17, 15) is 0 Å². The molecular weight excluding hydrogens is 953 g/mol. The molecule has 0 bridgehead atoms. The van der Waals surface area contributed by atoms with Crippen molar-refractivity contribution in [1.82, 2.24) is 39.0 Å². The zero-order chi connectivity index (χ0) is 52.4. The molecule has 14 aromatic rings. The second-order valence-corrected chi connectivity index (χ2v) is 19.2. The van der Waals surface area contributed by atoms with Crippen molar-refractivity contribution in [1.29, 1.82) is 0 Å². The van der Waals surface area contributed by atoms with Crippen LogP contribution in [0.25, 0.3) is 134 Å². The lowest BCUT2D eigenvalue weighted by atomic mass is 10.0. The molecule has 0 atom stereocenters. The maximum atomic E-state index is 4.91. The quantitative estimate of drug-likeness (QED) is 0.136. The van der Waals surface area contributed by atoms with Gasteiger partial charge in [-0.15, -0.1) is 0 Å². The van der Waals surface area contributed by atoms with Crippen molar-refractivity contribution in [2.45, 2.75) is 26.9 Å². The van der Waals surface area contributed by atoms with E-state index in [1.165, 1.54) is 54.7 Å². The first kappa shape index (κ1) is 47.5. The van der Waals surface area contributed by atoms with Crippen LogP contribution in [-0.2, 0) is 13.1 Å². The molecule has 8 heteroatoms. The van der Waals surface area contributed by atoms with Crippen molar-refractivity contribution >= 4 is 43.6 Å². The van der Waals surface area contributed by atoms with Crippen molar-refractivity contribution in [2.24, 2.45) is 0 Å². The third-order valence-corrected chi connectivity index (χ3v) is 14.5. The molecule has 0 aliphatic carbocycles. The second-order valence-electron chi connectivity index (χ2n) is 19.2. The summed E-state index contributed by atoms with van der Waals surface area (Å²) in [6.45, 7) is 6.26. The van der Waals surface area contributed by atoms with E-state index in [1.807, 2.05) is 121 Å². The predicted octanol–water partition coefficient (Wildman–Crippen LogP) is 17.3. The van der Waals surface area contributed by atoms with Crippen LogP contribution in [0, 0.1) is 0 Å². The van der Waals surface area contributed by atoms with Crippen LogP contribution in [-0.4, -0.2) is 39.0 Å². The lowest BCUT2D eigenvalue weighted by molar-refractivity contribution is 0.827. The topological polar surface area (TPSA) is 87.2 Å². The third-order valence-electron chi connectivity index (χ3n) is 14.5. The lowest BCUT2D eigenvalue weighted by Crippen LogP contribution is -2.00. The van der Waals surface area contributed by atoms with Crippen LogP contribution in [0.2, 0.25) is 0 Å². The van der Waals surface area contributed by atoms with Crippen LogP contribution >= 0.6 is 0 Å². The molecule has 0 amide bonds. The van der Waals surface area contributed by atoms with Gasteiger partial charge in [-0.3, -0.25) is 0 Å². The molecule has 78 heavy (non-hydrogen) atoms. The zero-order valence-electron chi connectivity index (χ0n) is 43.2. The monoisotopic (exact) mass is 1000 g/mol. The van der Waals surface area contributed by atoms with E-state index in [4.69, 9.17) is 29.9 Å². The van der Waals surface area contributed by atoms with Crippen molar-refractivity contribution in [3.8, 4) is 90.6 Å². The minimum atomic E-state index is 0.660. The van der Waals surface area contributed by atoms with Gasteiger partial charge in [-0.2, -0.15) is 0 Å². The Labute approximate surface area is 452 Å². The van der Waals surface area contributed by atoms with Gasteiger partial charge in [0.15, 0.2) is 34.9 Å².